The lowest BCUT2D eigenvalue weighted by Gasteiger charge is -2.13. The Labute approximate surface area is 165 Å². The molecule has 0 aliphatic carbocycles. The Morgan fingerprint density at radius 2 is 1.57 bits per heavy atom. The van der Waals surface area contributed by atoms with Crippen molar-refractivity contribution < 1.29 is 27.4 Å². The molecule has 152 valence electrons. The minimum Gasteiger partial charge on any atom is -0.490 e. The van der Waals surface area contributed by atoms with Crippen LogP contribution >= 0.6 is 0 Å². The lowest BCUT2D eigenvalue weighted by atomic mass is 10.2. The van der Waals surface area contributed by atoms with E-state index in [9.17, 15) is 13.2 Å². The second kappa shape index (κ2) is 9.98. The zero-order valence-corrected chi connectivity index (χ0v) is 17.0. The predicted molar refractivity (Wildman–Crippen MR) is 107 cm³/mol. The molecule has 2 rings (SSSR count). The first-order valence-corrected chi connectivity index (χ1v) is 10.6. The van der Waals surface area contributed by atoms with Crippen molar-refractivity contribution >= 4 is 21.7 Å². The van der Waals surface area contributed by atoms with Crippen LogP contribution in [0, 0.1) is 0 Å². The lowest BCUT2D eigenvalue weighted by molar-refractivity contribution is 0.0505. The molecule has 0 radical (unpaired) electrons. The van der Waals surface area contributed by atoms with Gasteiger partial charge in [0.1, 0.15) is 0 Å². The van der Waals surface area contributed by atoms with Gasteiger partial charge in [-0.2, -0.15) is 0 Å². The van der Waals surface area contributed by atoms with Gasteiger partial charge in [0.15, 0.2) is 11.5 Å². The van der Waals surface area contributed by atoms with Gasteiger partial charge in [-0.15, -0.1) is 0 Å². The topological polar surface area (TPSA) is 90.9 Å². The molecule has 0 aromatic heterocycles. The van der Waals surface area contributed by atoms with E-state index in [1.165, 1.54) is 36.4 Å². The molecule has 0 saturated heterocycles. The van der Waals surface area contributed by atoms with Gasteiger partial charge in [0.05, 0.1) is 30.3 Å². The first-order chi connectivity index (χ1) is 13.4. The van der Waals surface area contributed by atoms with Crippen LogP contribution in [0.25, 0.3) is 0 Å². The summed E-state index contributed by atoms with van der Waals surface area (Å²) in [6.07, 6.45) is 0.732. The van der Waals surface area contributed by atoms with Crippen LogP contribution in [0.5, 0.6) is 11.5 Å². The fourth-order valence-electron chi connectivity index (χ4n) is 2.37. The van der Waals surface area contributed by atoms with Crippen molar-refractivity contribution in [2.24, 2.45) is 0 Å². The van der Waals surface area contributed by atoms with Crippen LogP contribution in [-0.2, 0) is 14.8 Å². The molecule has 0 spiro atoms. The molecule has 0 fully saturated rings. The molecule has 0 amide bonds. The van der Waals surface area contributed by atoms with Crippen molar-refractivity contribution in [1.82, 2.24) is 0 Å². The third kappa shape index (κ3) is 5.63. The SMILES string of the molecule is CCCOC(=O)c1ccc(NS(=O)(=O)c2ccc(OCC)c(OCC)c2)cc1. The summed E-state index contributed by atoms with van der Waals surface area (Å²) in [5, 5.41) is 0. The molecular formula is C20H25NO6S. The molecule has 0 atom stereocenters. The molecule has 8 heteroatoms. The number of benzene rings is 2. The van der Waals surface area contributed by atoms with Crippen molar-refractivity contribution in [3.63, 3.8) is 0 Å². The molecular weight excluding hydrogens is 382 g/mol. The number of anilines is 1. The van der Waals surface area contributed by atoms with Gasteiger partial charge in [0.25, 0.3) is 10.0 Å². The fourth-order valence-corrected chi connectivity index (χ4v) is 3.44. The van der Waals surface area contributed by atoms with E-state index in [0.717, 1.165) is 6.42 Å². The Morgan fingerprint density at radius 3 is 2.18 bits per heavy atom. The van der Waals surface area contributed by atoms with Crippen molar-refractivity contribution in [3.05, 3.63) is 48.0 Å². The van der Waals surface area contributed by atoms with Gasteiger partial charge >= 0.3 is 5.97 Å². The first-order valence-electron chi connectivity index (χ1n) is 9.10. The largest absolute Gasteiger partial charge is 0.490 e. The quantitative estimate of drug-likeness (QED) is 0.602. The van der Waals surface area contributed by atoms with E-state index in [1.807, 2.05) is 20.8 Å². The fraction of sp³-hybridized carbons (Fsp3) is 0.350. The summed E-state index contributed by atoms with van der Waals surface area (Å²) >= 11 is 0. The maximum atomic E-state index is 12.7. The van der Waals surface area contributed by atoms with Gasteiger partial charge in [-0.1, -0.05) is 6.92 Å². The van der Waals surface area contributed by atoms with Crippen molar-refractivity contribution in [3.8, 4) is 11.5 Å². The van der Waals surface area contributed by atoms with Crippen LogP contribution in [0.15, 0.2) is 47.4 Å². The van der Waals surface area contributed by atoms with Gasteiger partial charge in [0, 0.05) is 11.8 Å². The second-order valence-electron chi connectivity index (χ2n) is 5.79. The Kier molecular flexibility index (Phi) is 7.69. The molecule has 0 heterocycles. The number of carbonyl (C=O) groups excluding carboxylic acids is 1. The highest BCUT2D eigenvalue weighted by molar-refractivity contribution is 7.92. The molecule has 28 heavy (non-hydrogen) atoms. The summed E-state index contributed by atoms with van der Waals surface area (Å²) in [6, 6.07) is 10.5. The standard InChI is InChI=1S/C20H25NO6S/c1-4-13-27-20(22)15-7-9-16(10-8-15)21-28(23,24)17-11-12-18(25-5-2)19(14-17)26-6-3/h7-12,14,21H,4-6,13H2,1-3H3. The number of ether oxygens (including phenoxy) is 3. The zero-order chi connectivity index (χ0) is 20.6. The van der Waals surface area contributed by atoms with Crippen molar-refractivity contribution in [2.45, 2.75) is 32.1 Å². The highest BCUT2D eigenvalue weighted by Gasteiger charge is 2.18. The molecule has 7 nitrogen and oxygen atoms in total. The van der Waals surface area contributed by atoms with E-state index in [0.29, 0.717) is 42.6 Å². The maximum Gasteiger partial charge on any atom is 0.338 e. The summed E-state index contributed by atoms with van der Waals surface area (Å²) < 4.78 is 43.9. The van der Waals surface area contributed by atoms with Crippen LogP contribution in [0.3, 0.4) is 0 Å². The average molecular weight is 407 g/mol. The van der Waals surface area contributed by atoms with E-state index in [-0.39, 0.29) is 4.90 Å². The third-order valence-electron chi connectivity index (χ3n) is 3.64. The van der Waals surface area contributed by atoms with E-state index in [4.69, 9.17) is 14.2 Å². The van der Waals surface area contributed by atoms with Crippen LogP contribution in [0.4, 0.5) is 5.69 Å². The summed E-state index contributed by atoms with van der Waals surface area (Å²) in [7, 11) is -3.83. The Morgan fingerprint density at radius 1 is 0.929 bits per heavy atom. The molecule has 2 aromatic rings. The predicted octanol–water partition coefficient (Wildman–Crippen LogP) is 3.85. The average Bonchev–Trinajstić information content (AvgIpc) is 2.68. The van der Waals surface area contributed by atoms with Crippen LogP contribution in [-0.4, -0.2) is 34.2 Å². The summed E-state index contributed by atoms with van der Waals surface area (Å²) in [5.74, 6) is 0.406. The number of carbonyl (C=O) groups is 1. The number of hydrogen-bond donors (Lipinski definition) is 1. The van der Waals surface area contributed by atoms with E-state index in [2.05, 4.69) is 4.72 Å². The van der Waals surface area contributed by atoms with Gasteiger partial charge in [-0.3, -0.25) is 4.72 Å². The van der Waals surface area contributed by atoms with Gasteiger partial charge in [-0.25, -0.2) is 13.2 Å². The maximum absolute atomic E-state index is 12.7. The summed E-state index contributed by atoms with van der Waals surface area (Å²) in [4.78, 5) is 11.9. The van der Waals surface area contributed by atoms with Gasteiger partial charge in [-0.05, 0) is 56.7 Å². The first kappa shape index (κ1) is 21.6. The van der Waals surface area contributed by atoms with Crippen LogP contribution in [0.1, 0.15) is 37.6 Å². The monoisotopic (exact) mass is 407 g/mol. The number of rotatable bonds is 10. The highest BCUT2D eigenvalue weighted by Crippen LogP contribution is 2.31. The second-order valence-corrected chi connectivity index (χ2v) is 7.48. The van der Waals surface area contributed by atoms with E-state index >= 15 is 0 Å². The number of hydrogen-bond acceptors (Lipinski definition) is 6. The van der Waals surface area contributed by atoms with E-state index in [1.54, 1.807) is 6.07 Å². The van der Waals surface area contributed by atoms with Gasteiger partial charge < -0.3 is 14.2 Å². The minimum atomic E-state index is -3.83. The lowest BCUT2D eigenvalue weighted by Crippen LogP contribution is -2.13. The number of sulfonamides is 1. The molecule has 2 aromatic carbocycles. The Balaban J connectivity index is 2.19. The Hall–Kier alpha value is -2.74. The zero-order valence-electron chi connectivity index (χ0n) is 16.2. The van der Waals surface area contributed by atoms with Crippen LogP contribution < -0.4 is 14.2 Å². The van der Waals surface area contributed by atoms with Crippen molar-refractivity contribution in [1.29, 1.82) is 0 Å². The van der Waals surface area contributed by atoms with Gasteiger partial charge in [0.2, 0.25) is 0 Å². The molecule has 0 saturated carbocycles. The smallest absolute Gasteiger partial charge is 0.338 e. The molecule has 0 unspecified atom stereocenters. The number of nitrogens with one attached hydrogen (secondary N) is 1. The number of esters is 1. The van der Waals surface area contributed by atoms with Crippen LogP contribution in [0.2, 0.25) is 0 Å². The Bertz CT molecular complexity index is 893. The highest BCUT2D eigenvalue weighted by atomic mass is 32.2. The summed E-state index contributed by atoms with van der Waals surface area (Å²) in [5.41, 5.74) is 0.690. The summed E-state index contributed by atoms with van der Waals surface area (Å²) in [6.45, 7) is 6.71. The van der Waals surface area contributed by atoms with E-state index < -0.39 is 16.0 Å². The molecule has 0 bridgehead atoms. The molecule has 1 N–H and O–H groups in total. The third-order valence-corrected chi connectivity index (χ3v) is 5.01. The molecule has 0 aliphatic heterocycles. The molecule has 0 aliphatic rings. The minimum absolute atomic E-state index is 0.0471. The van der Waals surface area contributed by atoms with Crippen molar-refractivity contribution in [2.75, 3.05) is 24.5 Å². The normalized spacial score (nSPS) is 11.0.